The van der Waals surface area contributed by atoms with Gasteiger partial charge in [0.05, 0.1) is 40.8 Å². The first kappa shape index (κ1) is 32.5. The van der Waals surface area contributed by atoms with E-state index in [1.165, 1.54) is 6.20 Å². The molecule has 3 aromatic heterocycles. The molecule has 1 saturated heterocycles. The molecular weight excluding hydrogens is 620 g/mol. The summed E-state index contributed by atoms with van der Waals surface area (Å²) in [4.78, 5) is 24.9. The molecule has 1 aliphatic heterocycles. The van der Waals surface area contributed by atoms with Crippen LogP contribution in [-0.4, -0.2) is 60.8 Å². The van der Waals surface area contributed by atoms with Crippen molar-refractivity contribution in [2.75, 3.05) is 39.2 Å². The van der Waals surface area contributed by atoms with Crippen LogP contribution in [0.3, 0.4) is 0 Å². The number of carbonyl (C=O) groups is 1. The lowest BCUT2D eigenvalue weighted by Gasteiger charge is -2.16. The van der Waals surface area contributed by atoms with Crippen molar-refractivity contribution in [3.8, 4) is 28.4 Å². The second-order valence-electron chi connectivity index (χ2n) is 10.4. The van der Waals surface area contributed by atoms with Crippen LogP contribution in [0.15, 0.2) is 54.9 Å². The van der Waals surface area contributed by atoms with Gasteiger partial charge >= 0.3 is 0 Å². The lowest BCUT2D eigenvalue weighted by molar-refractivity contribution is -0.119. The molecule has 1 amide bonds. The van der Waals surface area contributed by atoms with E-state index in [9.17, 15) is 4.79 Å². The number of anilines is 2. The van der Waals surface area contributed by atoms with Crippen molar-refractivity contribution < 1.29 is 18.7 Å². The van der Waals surface area contributed by atoms with Crippen LogP contribution in [0.5, 0.6) is 5.88 Å². The van der Waals surface area contributed by atoms with Crippen LogP contribution >= 0.6 is 23.2 Å². The summed E-state index contributed by atoms with van der Waals surface area (Å²) < 4.78 is 25.9. The van der Waals surface area contributed by atoms with Gasteiger partial charge in [-0.05, 0) is 30.7 Å². The SMILES string of the molecule is COCCNCc1ccnc(Nc2cccc(-c3nccc(-c4ccc(CNCC5CCC(=O)N5)c(OC)n4)c3Cl)c2Cl)c1F. The Morgan fingerprint density at radius 2 is 1.80 bits per heavy atom. The van der Waals surface area contributed by atoms with E-state index in [0.29, 0.717) is 88.9 Å². The summed E-state index contributed by atoms with van der Waals surface area (Å²) in [5.41, 5.74) is 4.01. The molecule has 1 unspecified atom stereocenters. The number of ether oxygens (including phenoxy) is 2. The fraction of sp³-hybridized carbons (Fsp3) is 0.312. The summed E-state index contributed by atoms with van der Waals surface area (Å²) in [5, 5.41) is 13.1. The molecule has 236 valence electrons. The third kappa shape index (κ3) is 7.86. The largest absolute Gasteiger partial charge is 0.481 e. The summed E-state index contributed by atoms with van der Waals surface area (Å²) in [6.07, 6.45) is 4.55. The summed E-state index contributed by atoms with van der Waals surface area (Å²) >= 11 is 13.8. The molecular formula is C32H34Cl2FN7O3. The Balaban J connectivity index is 1.35. The smallest absolute Gasteiger partial charge is 0.220 e. The minimum absolute atomic E-state index is 0.0479. The Kier molecular flexibility index (Phi) is 11.1. The number of nitrogens with one attached hydrogen (secondary N) is 4. The zero-order chi connectivity index (χ0) is 31.8. The summed E-state index contributed by atoms with van der Waals surface area (Å²) in [5.74, 6) is 0.110. The number of methoxy groups -OCH3 is 2. The first-order valence-electron chi connectivity index (χ1n) is 14.5. The number of pyridine rings is 3. The number of carbonyl (C=O) groups excluding carboxylic acids is 1. The minimum Gasteiger partial charge on any atom is -0.481 e. The van der Waals surface area contributed by atoms with Crippen LogP contribution in [0.1, 0.15) is 24.0 Å². The fourth-order valence-electron chi connectivity index (χ4n) is 5.02. The van der Waals surface area contributed by atoms with Crippen LogP contribution in [0.2, 0.25) is 10.0 Å². The summed E-state index contributed by atoms with van der Waals surface area (Å²) in [7, 11) is 3.18. The van der Waals surface area contributed by atoms with Crippen LogP contribution < -0.4 is 26.0 Å². The number of amides is 1. The van der Waals surface area contributed by atoms with Crippen molar-refractivity contribution in [2.45, 2.75) is 32.0 Å². The lowest BCUT2D eigenvalue weighted by Crippen LogP contribution is -2.35. The van der Waals surface area contributed by atoms with E-state index in [1.54, 1.807) is 50.7 Å². The quantitative estimate of drug-likeness (QED) is 0.131. The lowest BCUT2D eigenvalue weighted by atomic mass is 10.1. The molecule has 45 heavy (non-hydrogen) atoms. The fourth-order valence-corrected chi connectivity index (χ4v) is 5.59. The van der Waals surface area contributed by atoms with Gasteiger partial charge in [-0.2, -0.15) is 0 Å². The number of hydrogen-bond acceptors (Lipinski definition) is 9. The number of aromatic nitrogens is 3. The third-order valence-corrected chi connectivity index (χ3v) is 8.15. The predicted octanol–water partition coefficient (Wildman–Crippen LogP) is 5.51. The number of halogens is 3. The molecule has 4 heterocycles. The van der Waals surface area contributed by atoms with Crippen LogP contribution in [-0.2, 0) is 22.6 Å². The van der Waals surface area contributed by atoms with Gasteiger partial charge in [-0.3, -0.25) is 9.78 Å². The summed E-state index contributed by atoms with van der Waals surface area (Å²) in [6.45, 7) is 2.62. The van der Waals surface area contributed by atoms with Crippen molar-refractivity contribution in [3.63, 3.8) is 0 Å². The highest BCUT2D eigenvalue weighted by Crippen LogP contribution is 2.40. The van der Waals surface area contributed by atoms with Crippen molar-refractivity contribution >= 4 is 40.6 Å². The van der Waals surface area contributed by atoms with Gasteiger partial charge in [0.25, 0.3) is 0 Å². The molecule has 0 spiro atoms. The molecule has 10 nitrogen and oxygen atoms in total. The topological polar surface area (TPSA) is 122 Å². The first-order valence-corrected chi connectivity index (χ1v) is 15.2. The summed E-state index contributed by atoms with van der Waals surface area (Å²) in [6, 6.07) is 12.6. The van der Waals surface area contributed by atoms with Crippen molar-refractivity contribution in [2.24, 2.45) is 0 Å². The Labute approximate surface area is 271 Å². The molecule has 4 N–H and O–H groups in total. The van der Waals surface area contributed by atoms with Crippen LogP contribution in [0.4, 0.5) is 15.9 Å². The number of rotatable bonds is 14. The average Bonchev–Trinajstić information content (AvgIpc) is 3.47. The van der Waals surface area contributed by atoms with Gasteiger partial charge in [-0.1, -0.05) is 41.4 Å². The molecule has 5 rings (SSSR count). The number of benzene rings is 1. The van der Waals surface area contributed by atoms with E-state index in [2.05, 4.69) is 31.2 Å². The van der Waals surface area contributed by atoms with E-state index in [-0.39, 0.29) is 17.8 Å². The van der Waals surface area contributed by atoms with Gasteiger partial charge in [-0.15, -0.1) is 0 Å². The molecule has 0 radical (unpaired) electrons. The molecule has 4 aromatic rings. The Morgan fingerprint density at radius 1 is 0.978 bits per heavy atom. The van der Waals surface area contributed by atoms with Gasteiger partial charge in [0.2, 0.25) is 11.8 Å². The molecule has 1 aliphatic rings. The van der Waals surface area contributed by atoms with E-state index >= 15 is 4.39 Å². The maximum Gasteiger partial charge on any atom is 0.220 e. The molecule has 1 fully saturated rings. The highest BCUT2D eigenvalue weighted by molar-refractivity contribution is 6.39. The number of nitrogens with zero attached hydrogens (tertiary/aromatic N) is 3. The highest BCUT2D eigenvalue weighted by atomic mass is 35.5. The van der Waals surface area contributed by atoms with Gasteiger partial charge in [0.15, 0.2) is 11.6 Å². The Hall–Kier alpha value is -3.87. The van der Waals surface area contributed by atoms with Gasteiger partial charge in [-0.25, -0.2) is 14.4 Å². The zero-order valence-corrected chi connectivity index (χ0v) is 26.4. The first-order chi connectivity index (χ1) is 21.9. The zero-order valence-electron chi connectivity index (χ0n) is 24.9. The van der Waals surface area contributed by atoms with E-state index in [0.717, 1.165) is 12.0 Å². The van der Waals surface area contributed by atoms with E-state index in [4.69, 9.17) is 37.7 Å². The normalized spacial score (nSPS) is 14.4. The predicted molar refractivity (Wildman–Crippen MR) is 173 cm³/mol. The van der Waals surface area contributed by atoms with Crippen molar-refractivity contribution in [3.05, 3.63) is 81.8 Å². The molecule has 0 aliphatic carbocycles. The molecule has 0 saturated carbocycles. The third-order valence-electron chi connectivity index (χ3n) is 7.36. The molecule has 0 bridgehead atoms. The average molecular weight is 655 g/mol. The van der Waals surface area contributed by atoms with E-state index in [1.807, 2.05) is 12.1 Å². The maximum absolute atomic E-state index is 15.3. The minimum atomic E-state index is -0.481. The molecule has 1 atom stereocenters. The highest BCUT2D eigenvalue weighted by Gasteiger charge is 2.21. The number of hydrogen-bond donors (Lipinski definition) is 4. The maximum atomic E-state index is 15.3. The molecule has 13 heteroatoms. The Morgan fingerprint density at radius 3 is 2.58 bits per heavy atom. The molecule has 1 aromatic carbocycles. The van der Waals surface area contributed by atoms with Gasteiger partial charge < -0.3 is 30.7 Å². The van der Waals surface area contributed by atoms with Gasteiger partial charge in [0.1, 0.15) is 0 Å². The van der Waals surface area contributed by atoms with Crippen LogP contribution in [0.25, 0.3) is 22.5 Å². The van der Waals surface area contributed by atoms with Crippen LogP contribution in [0, 0.1) is 5.82 Å². The van der Waals surface area contributed by atoms with E-state index < -0.39 is 5.82 Å². The standard InChI is InChI=1S/C32H34Cl2FN7O3/c1-44-15-14-36-16-19-10-12-39-31(29(19)35)41-25-5-3-4-23(27(25)33)30-28(34)22(11-13-38-30)24-8-6-20(32(42-24)45-2)17-37-18-21-7-9-26(43)40-21/h3-6,8,10-13,21,36-37H,7,9,14-18H2,1-2H3,(H,39,41)(H,40,43). The second-order valence-corrected chi connectivity index (χ2v) is 11.2. The van der Waals surface area contributed by atoms with Crippen molar-refractivity contribution in [1.82, 2.24) is 30.9 Å². The second kappa shape index (κ2) is 15.4. The van der Waals surface area contributed by atoms with Crippen molar-refractivity contribution in [1.29, 1.82) is 0 Å². The monoisotopic (exact) mass is 653 g/mol. The van der Waals surface area contributed by atoms with Gasteiger partial charge in [0, 0.05) is 80.4 Å². The Bertz CT molecular complexity index is 1660.